The third-order valence-corrected chi connectivity index (χ3v) is 20.8. The Balaban J connectivity index is 0.000000744. The molecule has 0 amide bonds. The standard InChI is InChI=1S/2C15H24O3.C13H18FNO.C13H20O3.C12H15FO5.C12H17FO2.C11H15FN2O.C11H15FO2/c1-3-11(2)4-7-15(18)12-5-6-13(9-16)14(8-12)10-17;1-3-4-5-11(2)15(18)12-6-7-13(9-16)14(8-12)10-17;1-11(15)4-2-5-12-6-3-7-13(10-12)16-9-8-14;1-3-4-5-9(2)13(16)10-6-7-11(14)12(15)8-10;1-7(12(16)17)4-8-5-9(14)11(10(15)6-8)18-3-2-13;1-9(2)12(14)10-4-3-5-11(8-10)15-7-6-13;1-9(13)14-8-10-3-2-4-11(7-10)15-6-5-12;1-7(2)11(14)8-3-4-9(6-12)10(13)5-8/h5-6,8,11,15-18H,3-4,7,9-10H2,1-2H3;6-8,11,15-18H,3-5,9-10H2,1-2H3;3,6-7,10,15H,2,4-5,8-9H2,1H3;6-9,13-16H,3-5H2,1-2H3;5-7,14-15H,2-4H2,1H3,(H,16,17);3-5,8-9,12,14H,6-7H2,1-2H3;2-4,7H,5-6,8H2,1H3,(H2,13,14);3-5,7,11,13-14H,6H2,1-2H3/i;;14-1;;2*13-1;2*12-1. The van der Waals surface area contributed by atoms with Gasteiger partial charge in [-0.05, 0) is 228 Å². The molecule has 23 nitrogen and oxygen atoms in total. The zero-order valence-corrected chi connectivity index (χ0v) is 78.1. The molecule has 726 valence electrons. The Hall–Kier alpha value is -10.1. The first-order valence-corrected chi connectivity index (χ1v) is 44.5. The van der Waals surface area contributed by atoms with Gasteiger partial charge in [-0.15, -0.1) is 0 Å². The van der Waals surface area contributed by atoms with E-state index in [1.807, 2.05) is 109 Å². The molecule has 0 fully saturated rings. The molecule has 9 atom stereocenters. The van der Waals surface area contributed by atoms with E-state index in [-0.39, 0.29) is 123 Å². The fraction of sp³-hybridized carbons (Fsp3) is 0.500. The molecule has 0 bridgehead atoms. The van der Waals surface area contributed by atoms with Crippen molar-refractivity contribution in [3.8, 4) is 51.7 Å². The maximum absolute atomic E-state index is 12.3. The average Bonchev–Trinajstić information content (AvgIpc) is 0.842. The maximum atomic E-state index is 12.3. The summed E-state index contributed by atoms with van der Waals surface area (Å²) in [4.78, 5) is 14.8. The zero-order valence-electron chi connectivity index (χ0n) is 78.1. The van der Waals surface area contributed by atoms with Crippen LogP contribution in [0.25, 0.3) is 0 Å². The Labute approximate surface area is 766 Å². The number of aliphatic imine (C=N–C) groups is 1. The highest BCUT2D eigenvalue weighted by molar-refractivity contribution is 5.78. The molecule has 8 rings (SSSR count). The highest BCUT2D eigenvalue weighted by Crippen LogP contribution is 2.39. The molecular formula is C102H148F5N3O20. The van der Waals surface area contributed by atoms with Crippen LogP contribution in [-0.2, 0) is 57.3 Å². The molecule has 0 saturated heterocycles. The van der Waals surface area contributed by atoms with Crippen LogP contribution in [0.2, 0.25) is 0 Å². The number of rotatable bonds is 45. The summed E-state index contributed by atoms with van der Waals surface area (Å²) in [5.74, 6) is 0.841. The van der Waals surface area contributed by atoms with Crippen LogP contribution in [0, 0.1) is 40.9 Å². The highest BCUT2D eigenvalue weighted by Gasteiger charge is 2.22. The first-order chi connectivity index (χ1) is 61.9. The number of aliphatic hydroxyl groups excluding tert-OH is 9. The van der Waals surface area contributed by atoms with Crippen LogP contribution in [0.5, 0.6) is 51.7 Å². The SMILES string of the molecule is CC(=N)CCCc1cccc(OCC[18F])c1.CC(C)C(O)c1ccc(C[18F])c(O)c1.CC(C)C(O)c1cccc(OCC[18F])c1.CC(Cc1cc(O)c(OCC[18F])c(O)c1)C(=O)O.CC(N)=NCc1cccc(OCC[18F])c1.CCC(C)CCC(O)c1ccc(CO)c(CO)c1.CCCCC(C)C(O)c1ccc(CO)c(CO)c1.CCCCC(C)C(O)c1ccc(O)c(O)c1. The number of nitrogens with two attached hydrogens (primary N) is 1. The molecule has 0 aliphatic carbocycles. The van der Waals surface area contributed by atoms with Crippen LogP contribution < -0.4 is 24.7 Å². The zero-order chi connectivity index (χ0) is 97.8. The third kappa shape index (κ3) is 47.6. The number of aliphatic carboxylic acids is 1. The molecule has 0 spiro atoms. The predicted octanol–water partition coefficient (Wildman–Crippen LogP) is 20.3. The van der Waals surface area contributed by atoms with E-state index in [1.54, 1.807) is 67.6 Å². The van der Waals surface area contributed by atoms with Gasteiger partial charge in [-0.3, -0.25) is 9.79 Å². The number of phenols is 5. The number of aromatic hydroxyl groups is 5. The van der Waals surface area contributed by atoms with Gasteiger partial charge in [0.05, 0.1) is 75.2 Å². The molecule has 0 aliphatic rings. The van der Waals surface area contributed by atoms with Gasteiger partial charge < -0.3 is 107 Å². The minimum absolute atomic E-state index is 0.0568. The Bertz CT molecular complexity index is 4420. The summed E-state index contributed by atoms with van der Waals surface area (Å²) in [6.07, 6.45) is 9.44. The Morgan fingerprint density at radius 1 is 0.431 bits per heavy atom. The third-order valence-electron chi connectivity index (χ3n) is 20.8. The van der Waals surface area contributed by atoms with Crippen molar-refractivity contribution < 1.29 is 122 Å². The molecule has 9 unspecified atom stereocenters. The molecule has 0 saturated carbocycles. The number of carbonyl (C=O) groups is 1. The monoisotopic (exact) mass is 1830 g/mol. The molecule has 8 aromatic carbocycles. The fourth-order valence-corrected chi connectivity index (χ4v) is 12.6. The van der Waals surface area contributed by atoms with Crippen molar-refractivity contribution in [2.45, 2.75) is 244 Å². The lowest BCUT2D eigenvalue weighted by atomic mass is 9.91. The fourth-order valence-electron chi connectivity index (χ4n) is 12.6. The van der Waals surface area contributed by atoms with E-state index in [4.69, 9.17) is 45.4 Å². The lowest BCUT2D eigenvalue weighted by Crippen LogP contribution is -2.12. The number of aliphatic hydroxyl groups is 9. The number of hydrogen-bond acceptors (Lipinski definition) is 21. The summed E-state index contributed by atoms with van der Waals surface area (Å²) in [7, 11) is 0. The van der Waals surface area contributed by atoms with Gasteiger partial charge in [-0.25, -0.2) is 22.0 Å². The first-order valence-electron chi connectivity index (χ1n) is 44.5. The Morgan fingerprint density at radius 2 is 0.846 bits per heavy atom. The van der Waals surface area contributed by atoms with Crippen LogP contribution >= 0.6 is 0 Å². The van der Waals surface area contributed by atoms with Crippen molar-refractivity contribution in [1.82, 2.24) is 0 Å². The number of ether oxygens (including phenoxy) is 4. The maximum Gasteiger partial charge on any atom is 0.306 e. The number of carboxylic acids is 1. The number of benzene rings is 8. The van der Waals surface area contributed by atoms with Gasteiger partial charge in [0, 0.05) is 11.3 Å². The van der Waals surface area contributed by atoms with E-state index in [0.717, 1.165) is 116 Å². The number of aryl methyl sites for hydroxylation is 1. The first kappa shape index (κ1) is 118. The number of alkyl halides is 5. The van der Waals surface area contributed by atoms with E-state index in [1.165, 1.54) is 48.9 Å². The summed E-state index contributed by atoms with van der Waals surface area (Å²) in [6.45, 7) is 22.6. The molecule has 130 heavy (non-hydrogen) atoms. The molecule has 28 heteroatoms. The Kier molecular flexibility index (Phi) is 61.6. The number of carboxylic acid groups (broad SMARTS) is 1. The Morgan fingerprint density at radius 3 is 1.28 bits per heavy atom. The number of phenolic OH excluding ortho intramolecular Hbond substituents is 5. The smallest absolute Gasteiger partial charge is 0.306 e. The van der Waals surface area contributed by atoms with E-state index in [0.29, 0.717) is 63.3 Å². The van der Waals surface area contributed by atoms with E-state index in [9.17, 15) is 88.0 Å². The van der Waals surface area contributed by atoms with Crippen molar-refractivity contribution in [1.29, 1.82) is 5.41 Å². The predicted molar refractivity (Wildman–Crippen MR) is 503 cm³/mol. The topological polar surface area (TPSA) is 420 Å². The van der Waals surface area contributed by atoms with Crippen molar-refractivity contribution in [3.05, 3.63) is 230 Å². The van der Waals surface area contributed by atoms with Crippen molar-refractivity contribution >= 4 is 17.5 Å². The summed E-state index contributed by atoms with van der Waals surface area (Å²) in [5, 5.41) is 150. The van der Waals surface area contributed by atoms with E-state index in [2.05, 4.69) is 32.7 Å². The molecule has 8 aromatic rings. The second-order valence-electron chi connectivity index (χ2n) is 32.6. The van der Waals surface area contributed by atoms with E-state index >= 15 is 0 Å². The average molecular weight is 1830 g/mol. The van der Waals surface area contributed by atoms with Gasteiger partial charge >= 0.3 is 5.97 Å². The number of unbranched alkanes of at least 4 members (excludes halogenated alkanes) is 2. The molecule has 18 N–H and O–H groups in total. The summed E-state index contributed by atoms with van der Waals surface area (Å²) in [6, 6.07) is 44.7. The van der Waals surface area contributed by atoms with Crippen LogP contribution in [-0.4, -0.2) is 147 Å². The van der Waals surface area contributed by atoms with Crippen molar-refractivity contribution in [2.24, 2.45) is 46.2 Å². The molecular weight excluding hydrogens is 1680 g/mol. The van der Waals surface area contributed by atoms with Crippen LogP contribution in [0.1, 0.15) is 263 Å². The van der Waals surface area contributed by atoms with Gasteiger partial charge in [-0.2, -0.15) is 0 Å². The minimum Gasteiger partial charge on any atom is -0.508 e. The van der Waals surface area contributed by atoms with Gasteiger partial charge in [0.15, 0.2) is 23.0 Å². The van der Waals surface area contributed by atoms with Gasteiger partial charge in [0.1, 0.15) is 82.8 Å². The van der Waals surface area contributed by atoms with Gasteiger partial charge in [0.2, 0.25) is 5.75 Å². The van der Waals surface area contributed by atoms with E-state index < -0.39 is 75.8 Å². The quantitative estimate of drug-likeness (QED) is 0.00729. The van der Waals surface area contributed by atoms with Crippen LogP contribution in [0.4, 0.5) is 22.0 Å². The number of hydrogen-bond donors (Lipinski definition) is 17. The summed E-state index contributed by atoms with van der Waals surface area (Å²) < 4.78 is 80.2. The second kappa shape index (κ2) is 68.0. The minimum atomic E-state index is -0.966. The largest absolute Gasteiger partial charge is 0.508 e. The molecule has 0 aromatic heterocycles. The van der Waals surface area contributed by atoms with Gasteiger partial charge in [0.25, 0.3) is 0 Å². The van der Waals surface area contributed by atoms with Crippen molar-refractivity contribution in [3.63, 3.8) is 0 Å². The van der Waals surface area contributed by atoms with Crippen LogP contribution in [0.15, 0.2) is 163 Å². The normalized spacial score (nSPS) is 13.0. The number of amidine groups is 1. The highest BCUT2D eigenvalue weighted by atomic mass is 18.2. The number of halogens is 5. The number of nitrogens with zero attached hydrogens (tertiary/aromatic N) is 1. The molecule has 0 heterocycles. The summed E-state index contributed by atoms with van der Waals surface area (Å²) >= 11 is 0. The number of nitrogens with one attached hydrogen (secondary N) is 1. The van der Waals surface area contributed by atoms with Crippen molar-refractivity contribution in [2.75, 3.05) is 53.1 Å². The second-order valence-corrected chi connectivity index (χ2v) is 32.6. The van der Waals surface area contributed by atoms with Gasteiger partial charge in [-0.1, -0.05) is 199 Å². The lowest BCUT2D eigenvalue weighted by molar-refractivity contribution is -0.141. The molecule has 0 radical (unpaired) electrons. The molecule has 0 aliphatic heterocycles. The summed E-state index contributed by atoms with van der Waals surface area (Å²) in [5.41, 5.74) is 15.6. The van der Waals surface area contributed by atoms with Crippen LogP contribution in [0.3, 0.4) is 0 Å². The lowest BCUT2D eigenvalue weighted by Gasteiger charge is -2.20.